The molecular weight excluding hydrogens is 268 g/mol. The van der Waals surface area contributed by atoms with Crippen molar-refractivity contribution in [2.45, 2.75) is 34.6 Å². The molecule has 0 radical (unpaired) electrons. The van der Waals surface area contributed by atoms with Gasteiger partial charge in [-0.3, -0.25) is 14.9 Å². The minimum absolute atomic E-state index is 0.00370. The van der Waals surface area contributed by atoms with Gasteiger partial charge in [-0.1, -0.05) is 27.7 Å². The van der Waals surface area contributed by atoms with Gasteiger partial charge in [0, 0.05) is 24.7 Å². The molecule has 1 aromatic carbocycles. The monoisotopic (exact) mass is 292 g/mol. The number of anilines is 1. The van der Waals surface area contributed by atoms with Crippen molar-refractivity contribution in [2.75, 3.05) is 18.0 Å². The Hall–Kier alpha value is -1.91. The molecule has 0 fully saturated rings. The number of benzene rings is 1. The van der Waals surface area contributed by atoms with E-state index in [4.69, 9.17) is 0 Å². The quantitative estimate of drug-likeness (QED) is 0.434. The first kappa shape index (κ1) is 17.1. The third kappa shape index (κ3) is 4.85. The summed E-state index contributed by atoms with van der Waals surface area (Å²) in [6, 6.07) is 4.74. The second kappa shape index (κ2) is 7.20. The molecule has 116 valence electrons. The Morgan fingerprint density at radius 3 is 2.10 bits per heavy atom. The summed E-state index contributed by atoms with van der Waals surface area (Å²) in [6.07, 6.45) is 0. The van der Waals surface area contributed by atoms with Crippen molar-refractivity contribution in [3.63, 3.8) is 0 Å². The van der Waals surface area contributed by atoms with E-state index >= 15 is 0 Å². The molecule has 5 nitrogen and oxygen atoms in total. The van der Waals surface area contributed by atoms with Crippen LogP contribution < -0.4 is 4.90 Å². The summed E-state index contributed by atoms with van der Waals surface area (Å²) >= 11 is 0. The lowest BCUT2D eigenvalue weighted by atomic mass is 10.1. The molecule has 0 spiro atoms. The van der Waals surface area contributed by atoms with Gasteiger partial charge >= 0.3 is 0 Å². The smallest absolute Gasteiger partial charge is 0.293 e. The maximum Gasteiger partial charge on any atom is 0.293 e. The number of Topliss-reactive ketones (excluding diaryl/α,β-unsaturated/α-hetero) is 1. The highest BCUT2D eigenvalue weighted by Crippen LogP contribution is 2.30. The highest BCUT2D eigenvalue weighted by molar-refractivity contribution is 5.95. The van der Waals surface area contributed by atoms with Crippen LogP contribution in [0.5, 0.6) is 0 Å². The Morgan fingerprint density at radius 1 is 1.19 bits per heavy atom. The fourth-order valence-corrected chi connectivity index (χ4v) is 2.31. The predicted octanol–water partition coefficient (Wildman–Crippen LogP) is 3.92. The fraction of sp³-hybridized carbons (Fsp3) is 0.562. The number of ketones is 1. The van der Waals surface area contributed by atoms with E-state index in [-0.39, 0.29) is 11.5 Å². The molecule has 0 N–H and O–H groups in total. The van der Waals surface area contributed by atoms with Crippen molar-refractivity contribution in [1.29, 1.82) is 0 Å². The normalized spacial score (nSPS) is 11.0. The second-order valence-electron chi connectivity index (χ2n) is 6.21. The van der Waals surface area contributed by atoms with Gasteiger partial charge in [-0.25, -0.2) is 0 Å². The maximum absolute atomic E-state index is 11.4. The first-order valence-electron chi connectivity index (χ1n) is 7.26. The third-order valence-corrected chi connectivity index (χ3v) is 3.09. The fourth-order valence-electron chi connectivity index (χ4n) is 2.31. The Bertz CT molecular complexity index is 514. The highest BCUT2D eigenvalue weighted by atomic mass is 16.6. The zero-order chi connectivity index (χ0) is 16.2. The number of hydrogen-bond donors (Lipinski definition) is 0. The van der Waals surface area contributed by atoms with Crippen molar-refractivity contribution in [1.82, 2.24) is 0 Å². The van der Waals surface area contributed by atoms with Crippen LogP contribution in [0.2, 0.25) is 0 Å². The molecule has 0 aliphatic heterocycles. The van der Waals surface area contributed by atoms with Crippen LogP contribution in [0.3, 0.4) is 0 Å². The van der Waals surface area contributed by atoms with Crippen LogP contribution in [-0.2, 0) is 0 Å². The van der Waals surface area contributed by atoms with E-state index in [1.54, 1.807) is 12.1 Å². The van der Waals surface area contributed by atoms with Crippen LogP contribution >= 0.6 is 0 Å². The van der Waals surface area contributed by atoms with Crippen LogP contribution in [0.15, 0.2) is 18.2 Å². The summed E-state index contributed by atoms with van der Waals surface area (Å²) in [6.45, 7) is 11.3. The molecular formula is C16H24N2O3. The number of nitrogens with zero attached hydrogens (tertiary/aromatic N) is 2. The predicted molar refractivity (Wildman–Crippen MR) is 85.0 cm³/mol. The van der Waals surface area contributed by atoms with E-state index < -0.39 is 4.92 Å². The lowest BCUT2D eigenvalue weighted by molar-refractivity contribution is -0.384. The summed E-state index contributed by atoms with van der Waals surface area (Å²) in [7, 11) is 0. The Kier molecular flexibility index (Phi) is 5.88. The second-order valence-corrected chi connectivity index (χ2v) is 6.21. The molecule has 0 atom stereocenters. The Labute approximate surface area is 126 Å². The van der Waals surface area contributed by atoms with E-state index in [9.17, 15) is 14.9 Å². The van der Waals surface area contributed by atoms with Crippen molar-refractivity contribution < 1.29 is 9.72 Å². The average Bonchev–Trinajstić information content (AvgIpc) is 2.35. The van der Waals surface area contributed by atoms with Crippen LogP contribution in [-0.4, -0.2) is 23.8 Å². The summed E-state index contributed by atoms with van der Waals surface area (Å²) < 4.78 is 0. The SMILES string of the molecule is CC(=O)c1ccc(N(CC(C)C)CC(C)C)c([N+](=O)[O-])c1. The lowest BCUT2D eigenvalue weighted by Gasteiger charge is -2.28. The molecule has 0 amide bonds. The molecule has 0 aliphatic carbocycles. The maximum atomic E-state index is 11.4. The van der Waals surface area contributed by atoms with Gasteiger partial charge in [0.25, 0.3) is 5.69 Å². The van der Waals surface area contributed by atoms with E-state index in [0.29, 0.717) is 23.1 Å². The van der Waals surface area contributed by atoms with Gasteiger partial charge in [0.05, 0.1) is 4.92 Å². The Balaban J connectivity index is 3.28. The topological polar surface area (TPSA) is 63.5 Å². The van der Waals surface area contributed by atoms with E-state index in [1.807, 2.05) is 4.90 Å². The van der Waals surface area contributed by atoms with E-state index in [2.05, 4.69) is 27.7 Å². The van der Waals surface area contributed by atoms with Gasteiger partial charge in [0.2, 0.25) is 0 Å². The molecule has 0 saturated heterocycles. The third-order valence-electron chi connectivity index (χ3n) is 3.09. The van der Waals surface area contributed by atoms with Crippen molar-refractivity contribution in [2.24, 2.45) is 11.8 Å². The zero-order valence-corrected chi connectivity index (χ0v) is 13.4. The van der Waals surface area contributed by atoms with Gasteiger partial charge in [0.15, 0.2) is 5.78 Å². The molecule has 1 rings (SSSR count). The minimum Gasteiger partial charge on any atom is -0.365 e. The van der Waals surface area contributed by atoms with Gasteiger partial charge in [0.1, 0.15) is 5.69 Å². The molecule has 0 unspecified atom stereocenters. The number of nitro benzene ring substituents is 1. The van der Waals surface area contributed by atoms with Gasteiger partial charge in [-0.05, 0) is 30.9 Å². The number of rotatable bonds is 7. The van der Waals surface area contributed by atoms with Crippen molar-refractivity contribution in [3.05, 3.63) is 33.9 Å². The largest absolute Gasteiger partial charge is 0.365 e. The first-order valence-corrected chi connectivity index (χ1v) is 7.26. The summed E-state index contributed by atoms with van der Waals surface area (Å²) in [5.74, 6) is 0.635. The molecule has 21 heavy (non-hydrogen) atoms. The molecule has 0 saturated carbocycles. The number of hydrogen-bond acceptors (Lipinski definition) is 4. The summed E-state index contributed by atoms with van der Waals surface area (Å²) in [5.41, 5.74) is 0.968. The molecule has 1 aromatic rings. The molecule has 5 heteroatoms. The minimum atomic E-state index is -0.407. The number of carbonyl (C=O) groups is 1. The molecule has 0 aliphatic rings. The van der Waals surface area contributed by atoms with Gasteiger partial charge in [-0.15, -0.1) is 0 Å². The molecule has 0 aromatic heterocycles. The Morgan fingerprint density at radius 2 is 1.71 bits per heavy atom. The first-order chi connectivity index (χ1) is 9.72. The highest BCUT2D eigenvalue weighted by Gasteiger charge is 2.22. The van der Waals surface area contributed by atoms with E-state index in [0.717, 1.165) is 13.1 Å². The average molecular weight is 292 g/mol. The van der Waals surface area contributed by atoms with Crippen molar-refractivity contribution >= 4 is 17.2 Å². The standard InChI is InChI=1S/C16H24N2O3/c1-11(2)9-17(10-12(3)4)15-7-6-14(13(5)19)8-16(15)18(20)21/h6-8,11-12H,9-10H2,1-5H3. The lowest BCUT2D eigenvalue weighted by Crippen LogP contribution is -2.31. The summed E-state index contributed by atoms with van der Waals surface area (Å²) in [4.78, 5) is 24.4. The van der Waals surface area contributed by atoms with E-state index in [1.165, 1.54) is 13.0 Å². The molecule has 0 bridgehead atoms. The number of carbonyl (C=O) groups excluding carboxylic acids is 1. The van der Waals surface area contributed by atoms with Crippen LogP contribution in [0.1, 0.15) is 45.0 Å². The van der Waals surface area contributed by atoms with Crippen LogP contribution in [0.4, 0.5) is 11.4 Å². The van der Waals surface area contributed by atoms with Crippen LogP contribution in [0.25, 0.3) is 0 Å². The van der Waals surface area contributed by atoms with Crippen molar-refractivity contribution in [3.8, 4) is 0 Å². The zero-order valence-electron chi connectivity index (χ0n) is 13.4. The van der Waals surface area contributed by atoms with Gasteiger partial charge < -0.3 is 4.90 Å². The number of nitro groups is 1. The van der Waals surface area contributed by atoms with Crippen LogP contribution in [0, 0.1) is 22.0 Å². The van der Waals surface area contributed by atoms with Gasteiger partial charge in [-0.2, -0.15) is 0 Å². The molecule has 0 heterocycles. The summed E-state index contributed by atoms with van der Waals surface area (Å²) in [5, 5.41) is 11.3.